The molecule has 0 aliphatic heterocycles. The van der Waals surface area contributed by atoms with Gasteiger partial charge in [-0.05, 0) is 24.5 Å². The summed E-state index contributed by atoms with van der Waals surface area (Å²) < 4.78 is 0. The molecule has 92 valence electrons. The second-order valence-corrected chi connectivity index (χ2v) is 4.58. The fraction of sp³-hybridized carbons (Fsp3) is 0.462. The van der Waals surface area contributed by atoms with Gasteiger partial charge in [0.25, 0.3) is 0 Å². The van der Waals surface area contributed by atoms with E-state index < -0.39 is 0 Å². The van der Waals surface area contributed by atoms with Crippen molar-refractivity contribution in [1.82, 2.24) is 5.32 Å². The number of nitrogens with two attached hydrogens (primary N) is 1. The SMILES string of the molecule is CNC(=O)Cc1ccccc1NC1CC(N)C1. The van der Waals surface area contributed by atoms with E-state index in [1.807, 2.05) is 24.3 Å². The van der Waals surface area contributed by atoms with Crippen molar-refractivity contribution in [2.75, 3.05) is 12.4 Å². The largest absolute Gasteiger partial charge is 0.382 e. The molecule has 1 amide bonds. The third-order valence-corrected chi connectivity index (χ3v) is 3.18. The topological polar surface area (TPSA) is 67.2 Å². The Balaban J connectivity index is 2.02. The zero-order valence-electron chi connectivity index (χ0n) is 10.1. The maximum Gasteiger partial charge on any atom is 0.224 e. The van der Waals surface area contributed by atoms with E-state index in [-0.39, 0.29) is 5.91 Å². The number of hydrogen-bond acceptors (Lipinski definition) is 3. The first-order valence-corrected chi connectivity index (χ1v) is 5.99. The zero-order chi connectivity index (χ0) is 12.3. The molecular formula is C13H19N3O. The molecule has 4 heteroatoms. The summed E-state index contributed by atoms with van der Waals surface area (Å²) in [6, 6.07) is 8.72. The van der Waals surface area contributed by atoms with Crippen LogP contribution in [-0.2, 0) is 11.2 Å². The lowest BCUT2D eigenvalue weighted by Crippen LogP contribution is -2.44. The number of rotatable bonds is 4. The number of para-hydroxylation sites is 1. The molecule has 1 aromatic rings. The molecule has 0 spiro atoms. The van der Waals surface area contributed by atoms with Crippen LogP contribution >= 0.6 is 0 Å². The monoisotopic (exact) mass is 233 g/mol. The van der Waals surface area contributed by atoms with E-state index in [9.17, 15) is 4.79 Å². The first-order valence-electron chi connectivity index (χ1n) is 5.99. The highest BCUT2D eigenvalue weighted by atomic mass is 16.1. The van der Waals surface area contributed by atoms with Crippen LogP contribution in [0.1, 0.15) is 18.4 Å². The van der Waals surface area contributed by atoms with Gasteiger partial charge in [0.05, 0.1) is 6.42 Å². The molecule has 0 radical (unpaired) electrons. The summed E-state index contributed by atoms with van der Waals surface area (Å²) in [5, 5.41) is 6.09. The minimum atomic E-state index is 0.0320. The number of carbonyl (C=O) groups excluding carboxylic acids is 1. The second-order valence-electron chi connectivity index (χ2n) is 4.58. The molecule has 1 aliphatic rings. The molecule has 1 aliphatic carbocycles. The highest BCUT2D eigenvalue weighted by Gasteiger charge is 2.26. The first kappa shape index (κ1) is 11.9. The second kappa shape index (κ2) is 5.19. The summed E-state index contributed by atoms with van der Waals surface area (Å²) in [4.78, 5) is 11.4. The highest BCUT2D eigenvalue weighted by molar-refractivity contribution is 5.80. The highest BCUT2D eigenvalue weighted by Crippen LogP contribution is 2.25. The van der Waals surface area contributed by atoms with Gasteiger partial charge in [-0.15, -0.1) is 0 Å². The van der Waals surface area contributed by atoms with E-state index in [1.165, 1.54) is 0 Å². The Morgan fingerprint density at radius 2 is 2.12 bits per heavy atom. The summed E-state index contributed by atoms with van der Waals surface area (Å²) in [5.41, 5.74) is 7.84. The van der Waals surface area contributed by atoms with Gasteiger partial charge in [0.2, 0.25) is 5.91 Å². The predicted octanol–water partition coefficient (Wildman–Crippen LogP) is 0.877. The van der Waals surface area contributed by atoms with Gasteiger partial charge < -0.3 is 16.4 Å². The molecule has 4 N–H and O–H groups in total. The van der Waals surface area contributed by atoms with E-state index in [4.69, 9.17) is 5.73 Å². The van der Waals surface area contributed by atoms with Crippen LogP contribution in [0.5, 0.6) is 0 Å². The lowest BCUT2D eigenvalue weighted by atomic mass is 9.87. The van der Waals surface area contributed by atoms with Gasteiger partial charge in [0.15, 0.2) is 0 Å². The zero-order valence-corrected chi connectivity index (χ0v) is 10.1. The van der Waals surface area contributed by atoms with Gasteiger partial charge in [-0.1, -0.05) is 18.2 Å². The summed E-state index contributed by atoms with van der Waals surface area (Å²) in [6.45, 7) is 0. The van der Waals surface area contributed by atoms with Crippen LogP contribution in [-0.4, -0.2) is 25.0 Å². The smallest absolute Gasteiger partial charge is 0.224 e. The van der Waals surface area contributed by atoms with Gasteiger partial charge in [-0.25, -0.2) is 0 Å². The lowest BCUT2D eigenvalue weighted by molar-refractivity contribution is -0.119. The lowest BCUT2D eigenvalue weighted by Gasteiger charge is -2.34. The molecule has 1 fully saturated rings. The molecule has 1 saturated carbocycles. The summed E-state index contributed by atoms with van der Waals surface area (Å²) in [7, 11) is 1.66. The average Bonchev–Trinajstić information content (AvgIpc) is 2.29. The van der Waals surface area contributed by atoms with Crippen molar-refractivity contribution < 1.29 is 4.79 Å². The normalized spacial score (nSPS) is 22.7. The Morgan fingerprint density at radius 3 is 2.76 bits per heavy atom. The molecule has 0 saturated heterocycles. The van der Waals surface area contributed by atoms with Crippen LogP contribution in [0.2, 0.25) is 0 Å². The third kappa shape index (κ3) is 2.97. The molecule has 0 atom stereocenters. The van der Waals surface area contributed by atoms with E-state index in [1.54, 1.807) is 7.05 Å². The van der Waals surface area contributed by atoms with Gasteiger partial charge in [-0.3, -0.25) is 4.79 Å². The van der Waals surface area contributed by atoms with Crippen LogP contribution < -0.4 is 16.4 Å². The van der Waals surface area contributed by atoms with Gasteiger partial charge in [-0.2, -0.15) is 0 Å². The van der Waals surface area contributed by atoms with Crippen LogP contribution in [0.25, 0.3) is 0 Å². The van der Waals surface area contributed by atoms with Crippen molar-refractivity contribution in [2.45, 2.75) is 31.3 Å². The molecule has 1 aromatic carbocycles. The third-order valence-electron chi connectivity index (χ3n) is 3.18. The maximum absolute atomic E-state index is 11.4. The summed E-state index contributed by atoms with van der Waals surface area (Å²) in [5.74, 6) is 0.0320. The van der Waals surface area contributed by atoms with Crippen molar-refractivity contribution in [3.05, 3.63) is 29.8 Å². The van der Waals surface area contributed by atoms with Crippen LogP contribution in [0.4, 0.5) is 5.69 Å². The number of anilines is 1. The van der Waals surface area contributed by atoms with E-state index in [0.717, 1.165) is 24.1 Å². The summed E-state index contributed by atoms with van der Waals surface area (Å²) in [6.07, 6.45) is 2.43. The van der Waals surface area contributed by atoms with E-state index >= 15 is 0 Å². The summed E-state index contributed by atoms with van der Waals surface area (Å²) >= 11 is 0. The number of amides is 1. The molecule has 17 heavy (non-hydrogen) atoms. The van der Waals surface area contributed by atoms with Gasteiger partial charge in [0, 0.05) is 24.8 Å². The Labute approximate surface area is 102 Å². The fourth-order valence-corrected chi connectivity index (χ4v) is 2.08. The minimum Gasteiger partial charge on any atom is -0.382 e. The Kier molecular flexibility index (Phi) is 3.64. The van der Waals surface area contributed by atoms with E-state index in [2.05, 4.69) is 10.6 Å². The molecule has 0 unspecified atom stereocenters. The Morgan fingerprint density at radius 1 is 1.41 bits per heavy atom. The standard InChI is InChI=1S/C13H19N3O/c1-15-13(17)6-9-4-2-3-5-12(9)16-11-7-10(14)8-11/h2-5,10-11,16H,6-8,14H2,1H3,(H,15,17). The van der Waals surface area contributed by atoms with E-state index in [0.29, 0.717) is 18.5 Å². The molecular weight excluding hydrogens is 214 g/mol. The molecule has 4 nitrogen and oxygen atoms in total. The quantitative estimate of drug-likeness (QED) is 0.723. The van der Waals surface area contributed by atoms with Crippen LogP contribution in [0, 0.1) is 0 Å². The van der Waals surface area contributed by atoms with Crippen molar-refractivity contribution in [2.24, 2.45) is 5.73 Å². The predicted molar refractivity (Wildman–Crippen MR) is 68.8 cm³/mol. The Bertz CT molecular complexity index is 399. The number of carbonyl (C=O) groups is 1. The molecule has 2 rings (SSSR count). The van der Waals surface area contributed by atoms with Gasteiger partial charge >= 0.3 is 0 Å². The maximum atomic E-state index is 11.4. The van der Waals surface area contributed by atoms with Crippen molar-refractivity contribution in [3.8, 4) is 0 Å². The van der Waals surface area contributed by atoms with Crippen LogP contribution in [0.15, 0.2) is 24.3 Å². The number of likely N-dealkylation sites (N-methyl/N-ethyl adjacent to an activating group) is 1. The van der Waals surface area contributed by atoms with Crippen molar-refractivity contribution in [1.29, 1.82) is 0 Å². The molecule has 0 aromatic heterocycles. The number of hydrogen-bond donors (Lipinski definition) is 3. The average molecular weight is 233 g/mol. The molecule has 0 bridgehead atoms. The minimum absolute atomic E-state index is 0.0320. The van der Waals surface area contributed by atoms with Crippen molar-refractivity contribution >= 4 is 11.6 Å². The van der Waals surface area contributed by atoms with Crippen molar-refractivity contribution in [3.63, 3.8) is 0 Å². The number of benzene rings is 1. The Hall–Kier alpha value is -1.55. The fourth-order valence-electron chi connectivity index (χ4n) is 2.08. The first-order chi connectivity index (χ1) is 8.19. The van der Waals surface area contributed by atoms with Gasteiger partial charge in [0.1, 0.15) is 0 Å². The number of nitrogens with one attached hydrogen (secondary N) is 2. The van der Waals surface area contributed by atoms with Crippen LogP contribution in [0.3, 0.4) is 0 Å². The molecule has 0 heterocycles.